The highest BCUT2D eigenvalue weighted by Crippen LogP contribution is 2.19. The van der Waals surface area contributed by atoms with Crippen molar-refractivity contribution in [1.82, 2.24) is 10.2 Å². The van der Waals surface area contributed by atoms with Crippen LogP contribution >= 0.6 is 0 Å². The molecular weight excluding hydrogens is 247 g/mol. The molecular formula is C11H12F3N3O. The number of anilines is 1. The minimum atomic E-state index is -1.59. The average molecular weight is 259 g/mol. The van der Waals surface area contributed by atoms with Gasteiger partial charge in [-0.05, 0) is 12.1 Å². The second-order valence-electron chi connectivity index (χ2n) is 3.89. The number of nitrogens with zero attached hydrogens (tertiary/aromatic N) is 1. The quantitative estimate of drug-likeness (QED) is 0.751. The molecule has 2 amide bonds. The molecule has 1 heterocycles. The molecule has 0 unspecified atom stereocenters. The van der Waals surface area contributed by atoms with Crippen LogP contribution in [0.4, 0.5) is 23.7 Å². The van der Waals surface area contributed by atoms with Crippen molar-refractivity contribution in [2.24, 2.45) is 0 Å². The second-order valence-corrected chi connectivity index (χ2v) is 3.89. The summed E-state index contributed by atoms with van der Waals surface area (Å²) in [5.74, 6) is -4.26. The Morgan fingerprint density at radius 1 is 1.17 bits per heavy atom. The van der Waals surface area contributed by atoms with Crippen molar-refractivity contribution in [2.75, 3.05) is 31.5 Å². The summed E-state index contributed by atoms with van der Waals surface area (Å²) in [6, 6.07) is 1.24. The van der Waals surface area contributed by atoms with E-state index in [1.54, 1.807) is 0 Å². The molecule has 0 atom stereocenters. The van der Waals surface area contributed by atoms with E-state index in [0.29, 0.717) is 26.2 Å². The fourth-order valence-electron chi connectivity index (χ4n) is 1.68. The summed E-state index contributed by atoms with van der Waals surface area (Å²) in [5, 5.41) is 5.28. The van der Waals surface area contributed by atoms with Gasteiger partial charge in [-0.2, -0.15) is 0 Å². The molecule has 1 aliphatic heterocycles. The van der Waals surface area contributed by atoms with Crippen LogP contribution in [-0.4, -0.2) is 37.1 Å². The van der Waals surface area contributed by atoms with Crippen LogP contribution in [0.25, 0.3) is 0 Å². The number of hydrogen-bond donors (Lipinski definition) is 2. The first-order valence-corrected chi connectivity index (χ1v) is 5.49. The minimum absolute atomic E-state index is 0.363. The van der Waals surface area contributed by atoms with Gasteiger partial charge >= 0.3 is 6.03 Å². The van der Waals surface area contributed by atoms with Gasteiger partial charge in [-0.3, -0.25) is 0 Å². The van der Waals surface area contributed by atoms with Crippen LogP contribution in [0.2, 0.25) is 0 Å². The SMILES string of the molecule is O=C(Nc1ccc(F)c(F)c1F)N1CCNCC1. The summed E-state index contributed by atoms with van der Waals surface area (Å²) in [4.78, 5) is 13.2. The summed E-state index contributed by atoms with van der Waals surface area (Å²) in [7, 11) is 0. The van der Waals surface area contributed by atoms with Gasteiger partial charge in [0.2, 0.25) is 0 Å². The van der Waals surface area contributed by atoms with Gasteiger partial charge in [0.25, 0.3) is 0 Å². The third-order valence-electron chi connectivity index (χ3n) is 2.68. The molecule has 0 spiro atoms. The average Bonchev–Trinajstić information content (AvgIpc) is 2.40. The molecule has 2 rings (SSSR count). The zero-order valence-electron chi connectivity index (χ0n) is 9.47. The van der Waals surface area contributed by atoms with Crippen molar-refractivity contribution >= 4 is 11.7 Å². The van der Waals surface area contributed by atoms with E-state index in [2.05, 4.69) is 10.6 Å². The third kappa shape index (κ3) is 2.56. The summed E-state index contributed by atoms with van der Waals surface area (Å²) in [6.45, 7) is 2.26. The summed E-state index contributed by atoms with van der Waals surface area (Å²) in [6.07, 6.45) is 0. The molecule has 0 aliphatic carbocycles. The van der Waals surface area contributed by atoms with Crippen LogP contribution < -0.4 is 10.6 Å². The van der Waals surface area contributed by atoms with Crippen LogP contribution in [0.15, 0.2) is 12.1 Å². The van der Waals surface area contributed by atoms with Crippen LogP contribution in [0.1, 0.15) is 0 Å². The molecule has 1 aliphatic rings. The Bertz CT molecular complexity index is 461. The van der Waals surface area contributed by atoms with Gasteiger partial charge in [-0.15, -0.1) is 0 Å². The topological polar surface area (TPSA) is 44.4 Å². The number of piperazine rings is 1. The predicted octanol–water partition coefficient (Wildman–Crippen LogP) is 1.54. The van der Waals surface area contributed by atoms with Crippen LogP contribution in [-0.2, 0) is 0 Å². The van der Waals surface area contributed by atoms with E-state index in [9.17, 15) is 18.0 Å². The Labute approximate surface area is 102 Å². The minimum Gasteiger partial charge on any atom is -0.322 e. The molecule has 0 saturated carbocycles. The number of carbonyl (C=O) groups excluding carboxylic acids is 1. The van der Waals surface area contributed by atoms with Crippen molar-refractivity contribution in [1.29, 1.82) is 0 Å². The predicted molar refractivity (Wildman–Crippen MR) is 59.8 cm³/mol. The van der Waals surface area contributed by atoms with Crippen molar-refractivity contribution < 1.29 is 18.0 Å². The van der Waals surface area contributed by atoms with Gasteiger partial charge in [0.05, 0.1) is 5.69 Å². The van der Waals surface area contributed by atoms with E-state index in [1.165, 1.54) is 4.90 Å². The van der Waals surface area contributed by atoms with Crippen LogP contribution in [0.3, 0.4) is 0 Å². The lowest BCUT2D eigenvalue weighted by molar-refractivity contribution is 0.203. The Balaban J connectivity index is 2.09. The van der Waals surface area contributed by atoms with E-state index in [1.807, 2.05) is 0 Å². The number of hydrogen-bond acceptors (Lipinski definition) is 2. The molecule has 0 aromatic heterocycles. The third-order valence-corrected chi connectivity index (χ3v) is 2.68. The molecule has 18 heavy (non-hydrogen) atoms. The van der Waals surface area contributed by atoms with Gasteiger partial charge in [-0.1, -0.05) is 0 Å². The maximum atomic E-state index is 13.3. The Morgan fingerprint density at radius 3 is 2.50 bits per heavy atom. The standard InChI is InChI=1S/C11H12F3N3O/c12-7-1-2-8(10(14)9(7)13)16-11(18)17-5-3-15-4-6-17/h1-2,15H,3-6H2,(H,16,18). The molecule has 1 fully saturated rings. The Kier molecular flexibility index (Phi) is 3.71. The van der Waals surface area contributed by atoms with E-state index < -0.39 is 23.5 Å². The van der Waals surface area contributed by atoms with E-state index in [-0.39, 0.29) is 5.69 Å². The van der Waals surface area contributed by atoms with Gasteiger partial charge < -0.3 is 15.5 Å². The van der Waals surface area contributed by atoms with Gasteiger partial charge in [0.15, 0.2) is 17.5 Å². The fourth-order valence-corrected chi connectivity index (χ4v) is 1.68. The maximum Gasteiger partial charge on any atom is 0.322 e. The largest absolute Gasteiger partial charge is 0.322 e. The van der Waals surface area contributed by atoms with Crippen molar-refractivity contribution in [3.05, 3.63) is 29.6 Å². The first-order chi connectivity index (χ1) is 8.59. The van der Waals surface area contributed by atoms with Crippen LogP contribution in [0, 0.1) is 17.5 Å². The highest BCUT2D eigenvalue weighted by molar-refractivity contribution is 5.89. The summed E-state index contributed by atoms with van der Waals surface area (Å²) >= 11 is 0. The number of rotatable bonds is 1. The number of amides is 2. The lowest BCUT2D eigenvalue weighted by Crippen LogP contribution is -2.48. The summed E-state index contributed by atoms with van der Waals surface area (Å²) < 4.78 is 39.0. The van der Waals surface area contributed by atoms with Gasteiger partial charge in [-0.25, -0.2) is 18.0 Å². The number of halogens is 3. The lowest BCUT2D eigenvalue weighted by atomic mass is 10.3. The monoisotopic (exact) mass is 259 g/mol. The highest BCUT2D eigenvalue weighted by atomic mass is 19.2. The number of urea groups is 1. The molecule has 7 heteroatoms. The molecule has 1 saturated heterocycles. The lowest BCUT2D eigenvalue weighted by Gasteiger charge is -2.27. The van der Waals surface area contributed by atoms with Crippen LogP contribution in [0.5, 0.6) is 0 Å². The second kappa shape index (κ2) is 5.26. The number of nitrogens with one attached hydrogen (secondary N) is 2. The molecule has 2 N–H and O–H groups in total. The highest BCUT2D eigenvalue weighted by Gasteiger charge is 2.19. The molecule has 4 nitrogen and oxygen atoms in total. The number of carbonyl (C=O) groups is 1. The zero-order valence-corrected chi connectivity index (χ0v) is 9.47. The Hall–Kier alpha value is -1.76. The first kappa shape index (κ1) is 12.7. The Morgan fingerprint density at radius 2 is 1.83 bits per heavy atom. The van der Waals surface area contributed by atoms with E-state index in [4.69, 9.17) is 0 Å². The normalized spacial score (nSPS) is 15.6. The first-order valence-electron chi connectivity index (χ1n) is 5.49. The molecule has 1 aromatic rings. The van der Waals surface area contributed by atoms with Crippen molar-refractivity contribution in [3.8, 4) is 0 Å². The molecule has 0 bridgehead atoms. The van der Waals surface area contributed by atoms with E-state index in [0.717, 1.165) is 12.1 Å². The smallest absolute Gasteiger partial charge is 0.322 e. The van der Waals surface area contributed by atoms with Crippen molar-refractivity contribution in [3.63, 3.8) is 0 Å². The fraction of sp³-hybridized carbons (Fsp3) is 0.364. The maximum absolute atomic E-state index is 13.3. The van der Waals surface area contributed by atoms with Crippen molar-refractivity contribution in [2.45, 2.75) is 0 Å². The molecule has 0 radical (unpaired) electrons. The zero-order chi connectivity index (χ0) is 13.1. The number of benzene rings is 1. The van der Waals surface area contributed by atoms with Gasteiger partial charge in [0, 0.05) is 26.2 Å². The van der Waals surface area contributed by atoms with Gasteiger partial charge in [0.1, 0.15) is 0 Å². The summed E-state index contributed by atoms with van der Waals surface area (Å²) in [5.41, 5.74) is -0.363. The molecule has 1 aromatic carbocycles. The molecule has 98 valence electrons. The van der Waals surface area contributed by atoms with E-state index >= 15 is 0 Å².